The van der Waals surface area contributed by atoms with Gasteiger partial charge in [0.1, 0.15) is 11.6 Å². The number of fused-ring (bicyclic) bond motifs is 1. The summed E-state index contributed by atoms with van der Waals surface area (Å²) in [6.07, 6.45) is 3.03. The number of aromatic nitrogens is 2. The second kappa shape index (κ2) is 6.73. The zero-order valence-electron chi connectivity index (χ0n) is 15.4. The Balaban J connectivity index is 1.77. The Morgan fingerprint density at radius 1 is 1.15 bits per heavy atom. The number of nitrogens with one attached hydrogen (secondary N) is 1. The van der Waals surface area contributed by atoms with E-state index in [1.807, 2.05) is 17.7 Å². The van der Waals surface area contributed by atoms with E-state index < -0.39 is 9.84 Å². The zero-order chi connectivity index (χ0) is 19.2. The summed E-state index contributed by atoms with van der Waals surface area (Å²) in [5.41, 5.74) is 3.02. The Hall–Kier alpha value is -2.25. The van der Waals surface area contributed by atoms with Crippen LogP contribution in [0.25, 0.3) is 22.4 Å². The molecular formula is C20H22FN3O2S. The molecule has 27 heavy (non-hydrogen) atoms. The van der Waals surface area contributed by atoms with E-state index >= 15 is 0 Å². The van der Waals surface area contributed by atoms with E-state index in [0.29, 0.717) is 5.82 Å². The number of aryl methyl sites for hydroxylation is 1. The quantitative estimate of drug-likeness (QED) is 0.749. The molecule has 0 atom stereocenters. The van der Waals surface area contributed by atoms with Gasteiger partial charge in [-0.1, -0.05) is 0 Å². The van der Waals surface area contributed by atoms with Crippen molar-refractivity contribution in [3.8, 4) is 11.4 Å². The van der Waals surface area contributed by atoms with Gasteiger partial charge in [0.15, 0.2) is 9.84 Å². The summed E-state index contributed by atoms with van der Waals surface area (Å²) < 4.78 is 39.9. The van der Waals surface area contributed by atoms with Gasteiger partial charge in [-0.15, -0.1) is 0 Å². The van der Waals surface area contributed by atoms with E-state index in [1.54, 1.807) is 30.3 Å². The number of imidazole rings is 1. The van der Waals surface area contributed by atoms with E-state index in [9.17, 15) is 12.8 Å². The molecule has 1 aromatic heterocycles. The maximum atomic E-state index is 14.8. The van der Waals surface area contributed by atoms with Crippen LogP contribution >= 0.6 is 0 Å². The average Bonchev–Trinajstić information content (AvgIpc) is 2.97. The molecule has 1 fully saturated rings. The molecule has 7 heteroatoms. The van der Waals surface area contributed by atoms with Gasteiger partial charge in [-0.25, -0.2) is 17.8 Å². The first-order chi connectivity index (χ1) is 12.8. The number of halogens is 1. The molecule has 142 valence electrons. The molecule has 0 saturated carbocycles. The highest BCUT2D eigenvalue weighted by Gasteiger charge is 2.21. The molecule has 1 aliphatic rings. The first kappa shape index (κ1) is 18.1. The molecule has 3 aromatic rings. The first-order valence-corrected chi connectivity index (χ1v) is 10.9. The minimum Gasteiger partial charge on any atom is -0.327 e. The molecule has 0 amide bonds. The van der Waals surface area contributed by atoms with Crippen molar-refractivity contribution in [2.75, 3.05) is 19.3 Å². The third-order valence-electron chi connectivity index (χ3n) is 5.32. The summed E-state index contributed by atoms with van der Waals surface area (Å²) in [6.45, 7) is 1.81. The highest BCUT2D eigenvalue weighted by atomic mass is 32.2. The monoisotopic (exact) mass is 387 g/mol. The number of hydrogen-bond acceptors (Lipinski definition) is 4. The number of rotatable bonds is 3. The van der Waals surface area contributed by atoms with Crippen LogP contribution in [0.15, 0.2) is 41.3 Å². The van der Waals surface area contributed by atoms with Crippen molar-refractivity contribution in [1.29, 1.82) is 0 Å². The Bertz CT molecular complexity index is 1100. The fourth-order valence-corrected chi connectivity index (χ4v) is 4.41. The van der Waals surface area contributed by atoms with Gasteiger partial charge in [0.25, 0.3) is 0 Å². The largest absolute Gasteiger partial charge is 0.327 e. The SMILES string of the molecule is Cn1c(-c2ccc(S(C)(=O)=O)cc2)nc2cc(C3CCNCC3)c(F)cc21. The molecule has 0 spiro atoms. The summed E-state index contributed by atoms with van der Waals surface area (Å²) in [5.74, 6) is 0.721. The van der Waals surface area contributed by atoms with Crippen molar-refractivity contribution in [3.63, 3.8) is 0 Å². The van der Waals surface area contributed by atoms with Crippen LogP contribution in [0.2, 0.25) is 0 Å². The maximum Gasteiger partial charge on any atom is 0.175 e. The van der Waals surface area contributed by atoms with Gasteiger partial charge in [0, 0.05) is 24.9 Å². The minimum atomic E-state index is -3.24. The molecule has 0 unspecified atom stereocenters. The fraction of sp³-hybridized carbons (Fsp3) is 0.350. The van der Waals surface area contributed by atoms with Gasteiger partial charge in [-0.2, -0.15) is 0 Å². The van der Waals surface area contributed by atoms with E-state index in [-0.39, 0.29) is 16.6 Å². The molecule has 0 aliphatic carbocycles. The molecule has 0 radical (unpaired) electrons. The number of nitrogens with zero attached hydrogens (tertiary/aromatic N) is 2. The number of piperidine rings is 1. The van der Waals surface area contributed by atoms with E-state index in [0.717, 1.165) is 48.1 Å². The van der Waals surface area contributed by atoms with Crippen molar-refractivity contribution in [3.05, 3.63) is 47.8 Å². The van der Waals surface area contributed by atoms with Crippen LogP contribution in [0.5, 0.6) is 0 Å². The van der Waals surface area contributed by atoms with Crippen molar-refractivity contribution in [1.82, 2.24) is 14.9 Å². The van der Waals surface area contributed by atoms with Gasteiger partial charge < -0.3 is 9.88 Å². The standard InChI is InChI=1S/C20H22FN3O2S/c1-24-19-12-17(21)16(13-7-9-22-10-8-13)11-18(19)23-20(24)14-3-5-15(6-4-14)27(2,25)26/h3-6,11-13,22H,7-10H2,1-2H3. The number of benzene rings is 2. The van der Waals surface area contributed by atoms with Crippen molar-refractivity contribution < 1.29 is 12.8 Å². The maximum absolute atomic E-state index is 14.8. The molecule has 4 rings (SSSR count). The summed E-state index contributed by atoms with van der Waals surface area (Å²) in [4.78, 5) is 4.97. The molecule has 2 heterocycles. The van der Waals surface area contributed by atoms with Crippen molar-refractivity contribution in [2.45, 2.75) is 23.7 Å². The van der Waals surface area contributed by atoms with Gasteiger partial charge in [0.2, 0.25) is 0 Å². The third-order valence-corrected chi connectivity index (χ3v) is 6.45. The van der Waals surface area contributed by atoms with Crippen LogP contribution in [0.1, 0.15) is 24.3 Å². The predicted molar refractivity (Wildman–Crippen MR) is 104 cm³/mol. The highest BCUT2D eigenvalue weighted by molar-refractivity contribution is 7.90. The van der Waals surface area contributed by atoms with Gasteiger partial charge in [-0.05, 0) is 67.7 Å². The molecule has 1 N–H and O–H groups in total. The Labute approximate surface area is 158 Å². The van der Waals surface area contributed by atoms with Gasteiger partial charge >= 0.3 is 0 Å². The second-order valence-corrected chi connectivity index (χ2v) is 9.19. The van der Waals surface area contributed by atoms with Crippen LogP contribution in [0.4, 0.5) is 4.39 Å². The first-order valence-electron chi connectivity index (χ1n) is 9.01. The average molecular weight is 387 g/mol. The highest BCUT2D eigenvalue weighted by Crippen LogP contribution is 2.32. The topological polar surface area (TPSA) is 64.0 Å². The van der Waals surface area contributed by atoms with Crippen molar-refractivity contribution >= 4 is 20.9 Å². The Morgan fingerprint density at radius 2 is 1.81 bits per heavy atom. The summed E-state index contributed by atoms with van der Waals surface area (Å²) in [6, 6.07) is 10.1. The molecule has 5 nitrogen and oxygen atoms in total. The van der Waals surface area contributed by atoms with Crippen LogP contribution < -0.4 is 5.32 Å². The fourth-order valence-electron chi connectivity index (χ4n) is 3.78. The Kier molecular flexibility index (Phi) is 4.52. The smallest absolute Gasteiger partial charge is 0.175 e. The molecule has 1 aliphatic heterocycles. The third kappa shape index (κ3) is 3.37. The summed E-state index contributed by atoms with van der Waals surface area (Å²) >= 11 is 0. The zero-order valence-corrected chi connectivity index (χ0v) is 16.2. The molecule has 1 saturated heterocycles. The lowest BCUT2D eigenvalue weighted by Crippen LogP contribution is -2.27. The van der Waals surface area contributed by atoms with Crippen molar-refractivity contribution in [2.24, 2.45) is 7.05 Å². The van der Waals surface area contributed by atoms with E-state index in [4.69, 9.17) is 4.98 Å². The summed E-state index contributed by atoms with van der Waals surface area (Å²) in [5, 5.41) is 3.31. The Morgan fingerprint density at radius 3 is 2.44 bits per heavy atom. The van der Waals surface area contributed by atoms with Crippen LogP contribution in [-0.2, 0) is 16.9 Å². The van der Waals surface area contributed by atoms with E-state index in [1.165, 1.54) is 6.26 Å². The normalized spacial score (nSPS) is 16.1. The van der Waals surface area contributed by atoms with Crippen LogP contribution in [0, 0.1) is 5.82 Å². The van der Waals surface area contributed by atoms with E-state index in [2.05, 4.69) is 5.32 Å². The molecular weight excluding hydrogens is 365 g/mol. The molecule has 2 aromatic carbocycles. The molecule has 0 bridgehead atoms. The van der Waals surface area contributed by atoms with Crippen LogP contribution in [-0.4, -0.2) is 37.3 Å². The lowest BCUT2D eigenvalue weighted by atomic mass is 9.89. The lowest BCUT2D eigenvalue weighted by molar-refractivity contribution is 0.445. The van der Waals surface area contributed by atoms with Crippen LogP contribution in [0.3, 0.4) is 0 Å². The van der Waals surface area contributed by atoms with Gasteiger partial charge in [-0.3, -0.25) is 0 Å². The minimum absolute atomic E-state index is 0.184. The predicted octanol–water partition coefficient (Wildman–Crippen LogP) is 3.25. The number of hydrogen-bond donors (Lipinski definition) is 1. The summed E-state index contributed by atoms with van der Waals surface area (Å²) in [7, 11) is -1.40. The van der Waals surface area contributed by atoms with Gasteiger partial charge in [0.05, 0.1) is 15.9 Å². The number of sulfone groups is 1. The lowest BCUT2D eigenvalue weighted by Gasteiger charge is -2.23. The second-order valence-electron chi connectivity index (χ2n) is 7.18.